The first kappa shape index (κ1) is 8.05. The van der Waals surface area contributed by atoms with E-state index in [1.54, 1.807) is 0 Å². The van der Waals surface area contributed by atoms with Crippen molar-refractivity contribution < 1.29 is 4.79 Å². The number of rotatable bonds is 0. The number of carbonyl (C=O) groups excluding carboxylic acids is 1. The molecular weight excluding hydrogens is 152 g/mol. The van der Waals surface area contributed by atoms with Gasteiger partial charge in [-0.3, -0.25) is 10.1 Å². The van der Waals surface area contributed by atoms with E-state index in [0.29, 0.717) is 0 Å². The summed E-state index contributed by atoms with van der Waals surface area (Å²) < 4.78 is 0. The quantitative estimate of drug-likeness (QED) is 0.577. The maximum atomic E-state index is 11.5. The molecule has 2 aliphatic rings. The standard InChI is InChI=1S/C9H16N2O/c1-7-8(12)11(2)9(10-7)5-3-4-6-9/h7,10H,3-6H2,1-2H3/t7-/m0/s1. The van der Waals surface area contributed by atoms with E-state index in [1.807, 2.05) is 18.9 Å². The summed E-state index contributed by atoms with van der Waals surface area (Å²) in [5.74, 6) is 0.247. The van der Waals surface area contributed by atoms with Crippen LogP contribution in [0.1, 0.15) is 32.6 Å². The van der Waals surface area contributed by atoms with Gasteiger partial charge in [-0.25, -0.2) is 0 Å². The van der Waals surface area contributed by atoms with Crippen LogP contribution in [0.3, 0.4) is 0 Å². The van der Waals surface area contributed by atoms with Crippen LogP contribution in [0.4, 0.5) is 0 Å². The van der Waals surface area contributed by atoms with Crippen molar-refractivity contribution in [1.82, 2.24) is 10.2 Å². The van der Waals surface area contributed by atoms with Gasteiger partial charge in [-0.05, 0) is 32.6 Å². The van der Waals surface area contributed by atoms with E-state index in [0.717, 1.165) is 12.8 Å². The van der Waals surface area contributed by atoms with Crippen molar-refractivity contribution in [3.8, 4) is 0 Å². The lowest BCUT2D eigenvalue weighted by Crippen LogP contribution is -2.48. The molecule has 1 aliphatic heterocycles. The lowest BCUT2D eigenvalue weighted by molar-refractivity contribution is -0.130. The maximum absolute atomic E-state index is 11.5. The third-order valence-corrected chi connectivity index (χ3v) is 3.26. The Kier molecular flexibility index (Phi) is 1.65. The van der Waals surface area contributed by atoms with Crippen LogP contribution in [0.2, 0.25) is 0 Å². The van der Waals surface area contributed by atoms with Crippen molar-refractivity contribution in [2.75, 3.05) is 7.05 Å². The molecule has 1 spiro atoms. The molecule has 2 rings (SSSR count). The van der Waals surface area contributed by atoms with Crippen LogP contribution in [0.15, 0.2) is 0 Å². The summed E-state index contributed by atoms with van der Waals surface area (Å²) >= 11 is 0. The number of hydrogen-bond acceptors (Lipinski definition) is 2. The molecule has 1 aliphatic carbocycles. The molecule has 1 amide bonds. The molecule has 0 aromatic rings. The van der Waals surface area contributed by atoms with E-state index >= 15 is 0 Å². The molecule has 0 unspecified atom stereocenters. The highest BCUT2D eigenvalue weighted by Crippen LogP contribution is 2.36. The normalized spacial score (nSPS) is 33.7. The number of carbonyl (C=O) groups is 1. The average molecular weight is 168 g/mol. The Morgan fingerprint density at radius 3 is 2.50 bits per heavy atom. The Bertz CT molecular complexity index is 209. The first-order valence-corrected chi connectivity index (χ1v) is 4.71. The summed E-state index contributed by atoms with van der Waals surface area (Å²) in [6.45, 7) is 1.95. The fourth-order valence-corrected chi connectivity index (χ4v) is 2.50. The second-order valence-corrected chi connectivity index (χ2v) is 4.00. The summed E-state index contributed by atoms with van der Waals surface area (Å²) in [4.78, 5) is 13.4. The Balaban J connectivity index is 2.23. The van der Waals surface area contributed by atoms with Crippen LogP contribution < -0.4 is 5.32 Å². The summed E-state index contributed by atoms with van der Waals surface area (Å²) in [7, 11) is 1.92. The lowest BCUT2D eigenvalue weighted by atomic mass is 10.1. The Hall–Kier alpha value is -0.570. The van der Waals surface area contributed by atoms with Gasteiger partial charge in [0.25, 0.3) is 0 Å². The largest absolute Gasteiger partial charge is 0.326 e. The van der Waals surface area contributed by atoms with E-state index in [1.165, 1.54) is 12.8 Å². The van der Waals surface area contributed by atoms with Gasteiger partial charge >= 0.3 is 0 Å². The topological polar surface area (TPSA) is 32.3 Å². The molecule has 0 radical (unpaired) electrons. The minimum Gasteiger partial charge on any atom is -0.326 e. The number of nitrogens with zero attached hydrogens (tertiary/aromatic N) is 1. The van der Waals surface area contributed by atoms with Gasteiger partial charge in [0.1, 0.15) is 0 Å². The summed E-state index contributed by atoms with van der Waals surface area (Å²) in [6, 6.07) is 0.0214. The zero-order valence-corrected chi connectivity index (χ0v) is 7.76. The number of hydrogen-bond donors (Lipinski definition) is 1. The van der Waals surface area contributed by atoms with Crippen LogP contribution in [0, 0.1) is 0 Å². The predicted octanol–water partition coefficient (Wildman–Crippen LogP) is 0.707. The van der Waals surface area contributed by atoms with Crippen LogP contribution in [0.5, 0.6) is 0 Å². The van der Waals surface area contributed by atoms with Gasteiger partial charge in [0.2, 0.25) is 5.91 Å². The van der Waals surface area contributed by atoms with Gasteiger partial charge < -0.3 is 4.90 Å². The van der Waals surface area contributed by atoms with Crippen molar-refractivity contribution >= 4 is 5.91 Å². The van der Waals surface area contributed by atoms with E-state index < -0.39 is 0 Å². The fraction of sp³-hybridized carbons (Fsp3) is 0.889. The van der Waals surface area contributed by atoms with Gasteiger partial charge in [0, 0.05) is 7.05 Å². The van der Waals surface area contributed by atoms with Crippen LogP contribution in [0.25, 0.3) is 0 Å². The zero-order valence-electron chi connectivity index (χ0n) is 7.76. The average Bonchev–Trinajstić information content (AvgIpc) is 2.57. The number of amides is 1. The van der Waals surface area contributed by atoms with Crippen molar-refractivity contribution in [3.05, 3.63) is 0 Å². The molecule has 3 heteroatoms. The highest BCUT2D eigenvalue weighted by Gasteiger charge is 2.47. The van der Waals surface area contributed by atoms with Crippen molar-refractivity contribution in [3.63, 3.8) is 0 Å². The SMILES string of the molecule is C[C@@H]1NC2(CCCC2)N(C)C1=O. The summed E-state index contributed by atoms with van der Waals surface area (Å²) in [6.07, 6.45) is 4.74. The molecule has 0 aromatic carbocycles. The van der Waals surface area contributed by atoms with Crippen LogP contribution >= 0.6 is 0 Å². The first-order valence-electron chi connectivity index (χ1n) is 4.71. The Morgan fingerprint density at radius 1 is 1.50 bits per heavy atom. The van der Waals surface area contributed by atoms with Crippen LogP contribution in [-0.4, -0.2) is 29.6 Å². The molecule has 0 aromatic heterocycles. The van der Waals surface area contributed by atoms with Gasteiger partial charge in [-0.2, -0.15) is 0 Å². The number of likely N-dealkylation sites (N-methyl/N-ethyl adjacent to an activating group) is 1. The van der Waals surface area contributed by atoms with Gasteiger partial charge in [-0.15, -0.1) is 0 Å². The first-order chi connectivity index (χ1) is 5.66. The molecule has 1 heterocycles. The van der Waals surface area contributed by atoms with Crippen molar-refractivity contribution in [1.29, 1.82) is 0 Å². The molecule has 12 heavy (non-hydrogen) atoms. The highest BCUT2D eigenvalue weighted by atomic mass is 16.2. The van der Waals surface area contributed by atoms with Crippen molar-refractivity contribution in [2.45, 2.75) is 44.3 Å². The fourth-order valence-electron chi connectivity index (χ4n) is 2.50. The minimum atomic E-state index is 0.0214. The Labute approximate surface area is 73.1 Å². The maximum Gasteiger partial charge on any atom is 0.240 e. The van der Waals surface area contributed by atoms with Crippen molar-refractivity contribution in [2.24, 2.45) is 0 Å². The van der Waals surface area contributed by atoms with Gasteiger partial charge in [0.15, 0.2) is 0 Å². The molecule has 0 bridgehead atoms. The summed E-state index contributed by atoms with van der Waals surface area (Å²) in [5.41, 5.74) is 0.0243. The molecule has 68 valence electrons. The van der Waals surface area contributed by atoms with Gasteiger partial charge in [-0.1, -0.05) is 0 Å². The van der Waals surface area contributed by atoms with E-state index in [-0.39, 0.29) is 17.6 Å². The highest BCUT2D eigenvalue weighted by molar-refractivity contribution is 5.84. The Morgan fingerprint density at radius 2 is 2.08 bits per heavy atom. The number of nitrogens with one attached hydrogen (secondary N) is 1. The van der Waals surface area contributed by atoms with E-state index in [4.69, 9.17) is 0 Å². The third-order valence-electron chi connectivity index (χ3n) is 3.26. The molecule has 3 nitrogen and oxygen atoms in total. The molecular formula is C9H16N2O. The van der Waals surface area contributed by atoms with Gasteiger partial charge in [0.05, 0.1) is 11.7 Å². The monoisotopic (exact) mass is 168 g/mol. The van der Waals surface area contributed by atoms with E-state index in [2.05, 4.69) is 5.32 Å². The second kappa shape index (κ2) is 2.46. The lowest BCUT2D eigenvalue weighted by Gasteiger charge is -2.31. The summed E-state index contributed by atoms with van der Waals surface area (Å²) in [5, 5.41) is 3.41. The van der Waals surface area contributed by atoms with Crippen LogP contribution in [-0.2, 0) is 4.79 Å². The van der Waals surface area contributed by atoms with E-state index in [9.17, 15) is 4.79 Å². The predicted molar refractivity (Wildman–Crippen MR) is 46.6 cm³/mol. The molecule has 1 saturated carbocycles. The molecule has 1 N–H and O–H groups in total. The minimum absolute atomic E-state index is 0.0214. The molecule has 1 saturated heterocycles. The molecule has 1 atom stereocenters. The third kappa shape index (κ3) is 0.891. The second-order valence-electron chi connectivity index (χ2n) is 4.00. The smallest absolute Gasteiger partial charge is 0.240 e. The molecule has 2 fully saturated rings. The zero-order chi connectivity index (χ0) is 8.77.